The number of nitrogens with one attached hydrogen (secondary N) is 2. The molecule has 19 heavy (non-hydrogen) atoms. The van der Waals surface area contributed by atoms with Crippen LogP contribution in [0.5, 0.6) is 0 Å². The Morgan fingerprint density at radius 1 is 1.58 bits per heavy atom. The molecule has 0 fully saturated rings. The van der Waals surface area contributed by atoms with E-state index < -0.39 is 0 Å². The minimum atomic E-state index is -0.259. The first-order valence-electron chi connectivity index (χ1n) is 5.85. The van der Waals surface area contributed by atoms with Gasteiger partial charge in [-0.3, -0.25) is 9.89 Å². The summed E-state index contributed by atoms with van der Waals surface area (Å²) < 4.78 is 1.04. The Bertz CT molecular complexity index is 590. The highest BCUT2D eigenvalue weighted by Crippen LogP contribution is 2.23. The van der Waals surface area contributed by atoms with Crippen molar-refractivity contribution in [3.63, 3.8) is 0 Å². The molecule has 1 amide bonds. The lowest BCUT2D eigenvalue weighted by Gasteiger charge is -2.04. The molecule has 0 saturated heterocycles. The summed E-state index contributed by atoms with van der Waals surface area (Å²) in [5.74, 6) is -0.0486. The first-order chi connectivity index (χ1) is 8.99. The number of nitrogens with zero attached hydrogens (tertiary/aromatic N) is 1. The van der Waals surface area contributed by atoms with Crippen molar-refractivity contribution < 1.29 is 4.79 Å². The first kappa shape index (κ1) is 14.1. The number of carbonyl (C=O) groups is 1. The lowest BCUT2D eigenvalue weighted by atomic mass is 10.1. The molecule has 0 saturated carbocycles. The molecule has 0 unspecified atom stereocenters. The zero-order valence-corrected chi connectivity index (χ0v) is 13.1. The second-order valence-electron chi connectivity index (χ2n) is 4.44. The Labute approximate surface area is 123 Å². The van der Waals surface area contributed by atoms with Crippen molar-refractivity contribution in [2.45, 2.75) is 26.3 Å². The number of aromatic nitrogens is 2. The maximum atomic E-state index is 12.0. The number of anilines is 1. The number of nitrogens with two attached hydrogens (primary N) is 1. The van der Waals surface area contributed by atoms with Crippen molar-refractivity contribution >= 4 is 38.9 Å². The molecule has 7 heteroatoms. The zero-order valence-electron chi connectivity index (χ0n) is 10.7. The van der Waals surface area contributed by atoms with Crippen molar-refractivity contribution in [2.24, 2.45) is 0 Å². The minimum Gasteiger partial charge on any atom is -0.395 e. The van der Waals surface area contributed by atoms with E-state index in [2.05, 4.69) is 31.4 Å². The predicted octanol–water partition coefficient (Wildman–Crippen LogP) is 2.87. The van der Waals surface area contributed by atoms with Crippen LogP contribution >= 0.6 is 27.3 Å². The number of halogens is 1. The molecule has 2 rings (SSSR count). The van der Waals surface area contributed by atoms with Crippen molar-refractivity contribution in [2.75, 3.05) is 5.73 Å². The molecule has 0 aromatic carbocycles. The van der Waals surface area contributed by atoms with E-state index in [0.717, 1.165) is 14.4 Å². The van der Waals surface area contributed by atoms with Gasteiger partial charge in [-0.1, -0.05) is 13.8 Å². The van der Waals surface area contributed by atoms with E-state index in [1.807, 2.05) is 26.0 Å². The number of rotatable bonds is 4. The molecule has 5 nitrogen and oxygen atoms in total. The summed E-state index contributed by atoms with van der Waals surface area (Å²) >= 11 is 4.97. The van der Waals surface area contributed by atoms with Crippen molar-refractivity contribution in [1.29, 1.82) is 0 Å². The third-order valence-corrected chi connectivity index (χ3v) is 4.30. The second kappa shape index (κ2) is 5.75. The first-order valence-corrected chi connectivity index (χ1v) is 7.46. The van der Waals surface area contributed by atoms with Crippen LogP contribution in [0.4, 0.5) is 5.69 Å². The molecular weight excluding hydrogens is 328 g/mol. The van der Waals surface area contributed by atoms with Gasteiger partial charge in [-0.25, -0.2) is 0 Å². The highest BCUT2D eigenvalue weighted by Gasteiger charge is 2.18. The van der Waals surface area contributed by atoms with Gasteiger partial charge in [-0.05, 0) is 34.0 Å². The number of carbonyl (C=O) groups excluding carboxylic acids is 1. The third-order valence-electron chi connectivity index (χ3n) is 2.68. The van der Waals surface area contributed by atoms with Crippen LogP contribution in [0, 0.1) is 0 Å². The monoisotopic (exact) mass is 342 g/mol. The average molecular weight is 343 g/mol. The van der Waals surface area contributed by atoms with Gasteiger partial charge in [0.05, 0.1) is 21.7 Å². The van der Waals surface area contributed by atoms with E-state index in [1.165, 1.54) is 0 Å². The Morgan fingerprint density at radius 2 is 2.32 bits per heavy atom. The quantitative estimate of drug-likeness (QED) is 0.798. The molecule has 0 aliphatic heterocycles. The maximum Gasteiger partial charge on any atom is 0.274 e. The average Bonchev–Trinajstić information content (AvgIpc) is 2.92. The summed E-state index contributed by atoms with van der Waals surface area (Å²) in [7, 11) is 0. The summed E-state index contributed by atoms with van der Waals surface area (Å²) in [5, 5.41) is 9.61. The molecular formula is C12H15BrN4OS. The topological polar surface area (TPSA) is 83.8 Å². The third kappa shape index (κ3) is 3.16. The fraction of sp³-hybridized carbons (Fsp3) is 0.333. The second-order valence-corrected chi connectivity index (χ2v) is 6.99. The van der Waals surface area contributed by atoms with Crippen LogP contribution in [0.15, 0.2) is 15.9 Å². The molecule has 2 aromatic rings. The fourth-order valence-electron chi connectivity index (χ4n) is 1.68. The number of hydrogen-bond acceptors (Lipinski definition) is 4. The van der Waals surface area contributed by atoms with E-state index in [1.54, 1.807) is 11.3 Å². The van der Waals surface area contributed by atoms with E-state index in [9.17, 15) is 4.79 Å². The Kier molecular flexibility index (Phi) is 4.26. The lowest BCUT2D eigenvalue weighted by Crippen LogP contribution is -2.23. The lowest BCUT2D eigenvalue weighted by molar-refractivity contribution is 0.0947. The van der Waals surface area contributed by atoms with Gasteiger partial charge in [-0.2, -0.15) is 5.10 Å². The van der Waals surface area contributed by atoms with E-state index >= 15 is 0 Å². The summed E-state index contributed by atoms with van der Waals surface area (Å²) in [6.45, 7) is 4.46. The zero-order chi connectivity index (χ0) is 14.0. The van der Waals surface area contributed by atoms with Crippen molar-refractivity contribution in [3.8, 4) is 0 Å². The van der Waals surface area contributed by atoms with Crippen LogP contribution in [0.3, 0.4) is 0 Å². The predicted molar refractivity (Wildman–Crippen MR) is 80.3 cm³/mol. The van der Waals surface area contributed by atoms with Crippen LogP contribution in [0.1, 0.15) is 40.8 Å². The summed E-state index contributed by atoms with van der Waals surface area (Å²) in [5.41, 5.74) is 7.41. The van der Waals surface area contributed by atoms with Gasteiger partial charge in [-0.15, -0.1) is 11.3 Å². The van der Waals surface area contributed by atoms with E-state index in [0.29, 0.717) is 12.2 Å². The molecule has 0 spiro atoms. The minimum absolute atomic E-state index is 0.210. The van der Waals surface area contributed by atoms with Gasteiger partial charge < -0.3 is 11.1 Å². The molecule has 2 heterocycles. The van der Waals surface area contributed by atoms with Crippen LogP contribution < -0.4 is 11.1 Å². The summed E-state index contributed by atoms with van der Waals surface area (Å²) in [6, 6.07) is 3.91. The normalized spacial score (nSPS) is 10.9. The highest BCUT2D eigenvalue weighted by atomic mass is 79.9. The van der Waals surface area contributed by atoms with Gasteiger partial charge in [0.15, 0.2) is 5.69 Å². The number of thiophene rings is 1. The van der Waals surface area contributed by atoms with Crippen molar-refractivity contribution in [1.82, 2.24) is 15.5 Å². The molecule has 0 aliphatic rings. The number of nitrogen functional groups attached to an aromatic ring is 1. The van der Waals surface area contributed by atoms with Gasteiger partial charge >= 0.3 is 0 Å². The smallest absolute Gasteiger partial charge is 0.274 e. The van der Waals surface area contributed by atoms with Crippen molar-refractivity contribution in [3.05, 3.63) is 32.2 Å². The molecule has 4 N–H and O–H groups in total. The maximum absolute atomic E-state index is 12.0. The van der Waals surface area contributed by atoms with Crippen LogP contribution in [-0.4, -0.2) is 16.1 Å². The summed E-state index contributed by atoms with van der Waals surface area (Å²) in [6.07, 6.45) is 0. The number of amides is 1. The van der Waals surface area contributed by atoms with E-state index in [4.69, 9.17) is 5.73 Å². The van der Waals surface area contributed by atoms with Crippen LogP contribution in [-0.2, 0) is 6.54 Å². The molecule has 0 bridgehead atoms. The molecule has 0 aliphatic carbocycles. The SMILES string of the molecule is CC(C)c1[nH]nc(C(=O)NCc2ccc(Br)s2)c1N. The summed E-state index contributed by atoms with van der Waals surface area (Å²) in [4.78, 5) is 13.1. The number of H-pyrrole nitrogens is 1. The van der Waals surface area contributed by atoms with Crippen LogP contribution in [0.2, 0.25) is 0 Å². The highest BCUT2D eigenvalue weighted by molar-refractivity contribution is 9.11. The Hall–Kier alpha value is -1.34. The van der Waals surface area contributed by atoms with Gasteiger partial charge in [0.25, 0.3) is 5.91 Å². The fourth-order valence-corrected chi connectivity index (χ4v) is 3.10. The van der Waals surface area contributed by atoms with Gasteiger partial charge in [0.2, 0.25) is 0 Å². The molecule has 2 aromatic heterocycles. The largest absolute Gasteiger partial charge is 0.395 e. The van der Waals surface area contributed by atoms with Gasteiger partial charge in [0.1, 0.15) is 0 Å². The molecule has 0 atom stereocenters. The Balaban J connectivity index is 2.04. The standard InChI is InChI=1S/C12H15BrN4OS/c1-6(2)10-9(14)11(17-16-10)12(18)15-5-7-3-4-8(13)19-7/h3-4,6H,5,14H2,1-2H3,(H,15,18)(H,16,17). The molecule has 102 valence electrons. The number of hydrogen-bond donors (Lipinski definition) is 3. The number of aromatic amines is 1. The van der Waals surface area contributed by atoms with Crippen LogP contribution in [0.25, 0.3) is 0 Å². The van der Waals surface area contributed by atoms with E-state index in [-0.39, 0.29) is 17.5 Å². The Morgan fingerprint density at radius 3 is 2.84 bits per heavy atom. The van der Waals surface area contributed by atoms with Gasteiger partial charge in [0, 0.05) is 4.88 Å². The molecule has 0 radical (unpaired) electrons.